The van der Waals surface area contributed by atoms with Crippen molar-refractivity contribution in [2.75, 3.05) is 17.6 Å². The first kappa shape index (κ1) is 13.6. The fraction of sp³-hybridized carbons (Fsp3) is 0.143. The van der Waals surface area contributed by atoms with Gasteiger partial charge in [0.2, 0.25) is 0 Å². The van der Waals surface area contributed by atoms with Crippen LogP contribution in [0.5, 0.6) is 0 Å². The molecule has 0 saturated carbocycles. The maximum absolute atomic E-state index is 13.5. The van der Waals surface area contributed by atoms with Crippen LogP contribution >= 0.6 is 11.6 Å². The highest BCUT2D eigenvalue weighted by Gasteiger charge is 2.09. The van der Waals surface area contributed by atoms with Gasteiger partial charge in [0, 0.05) is 17.3 Å². The predicted octanol–water partition coefficient (Wildman–Crippen LogP) is 3.86. The maximum Gasteiger partial charge on any atom is 0.151 e. The molecule has 3 N–H and O–H groups in total. The number of nitrogen functional groups attached to an aromatic ring is 1. The van der Waals surface area contributed by atoms with Gasteiger partial charge in [-0.3, -0.25) is 0 Å². The Morgan fingerprint density at radius 1 is 1.05 bits per heavy atom. The van der Waals surface area contributed by atoms with Gasteiger partial charge in [0.05, 0.1) is 0 Å². The van der Waals surface area contributed by atoms with E-state index < -0.39 is 11.6 Å². The van der Waals surface area contributed by atoms with Crippen molar-refractivity contribution in [3.05, 3.63) is 58.6 Å². The van der Waals surface area contributed by atoms with Gasteiger partial charge in [-0.1, -0.05) is 23.7 Å². The Labute approximate surface area is 115 Å². The van der Waals surface area contributed by atoms with Crippen molar-refractivity contribution in [1.82, 2.24) is 0 Å². The SMILES string of the molecule is Nc1cc(F)c(NCCc2ccc(Cl)cc2)c(F)c1. The zero-order valence-corrected chi connectivity index (χ0v) is 10.8. The van der Waals surface area contributed by atoms with E-state index in [-0.39, 0.29) is 11.4 Å². The van der Waals surface area contributed by atoms with E-state index in [4.69, 9.17) is 17.3 Å². The highest BCUT2D eigenvalue weighted by atomic mass is 35.5. The Hall–Kier alpha value is -1.81. The summed E-state index contributed by atoms with van der Waals surface area (Å²) < 4.78 is 27.0. The van der Waals surface area contributed by atoms with Gasteiger partial charge in [-0.15, -0.1) is 0 Å². The quantitative estimate of drug-likeness (QED) is 0.836. The molecule has 2 aromatic carbocycles. The lowest BCUT2D eigenvalue weighted by Gasteiger charge is -2.09. The molecule has 5 heteroatoms. The molecule has 0 saturated heterocycles. The number of halogens is 3. The second-order valence-corrected chi connectivity index (χ2v) is 4.60. The van der Waals surface area contributed by atoms with E-state index in [1.807, 2.05) is 12.1 Å². The molecule has 2 aromatic rings. The average Bonchev–Trinajstić information content (AvgIpc) is 2.34. The molecule has 19 heavy (non-hydrogen) atoms. The molecule has 2 nitrogen and oxygen atoms in total. The summed E-state index contributed by atoms with van der Waals surface area (Å²) in [6.07, 6.45) is 0.639. The first-order valence-corrected chi connectivity index (χ1v) is 6.17. The minimum absolute atomic E-state index is 0.0678. The van der Waals surface area contributed by atoms with Crippen LogP contribution in [-0.4, -0.2) is 6.54 Å². The largest absolute Gasteiger partial charge is 0.399 e. The lowest BCUT2D eigenvalue weighted by Crippen LogP contribution is -2.08. The van der Waals surface area contributed by atoms with Gasteiger partial charge in [-0.05, 0) is 36.2 Å². The molecule has 0 radical (unpaired) electrons. The molecular formula is C14H13ClF2N2. The molecule has 0 atom stereocenters. The average molecular weight is 283 g/mol. The van der Waals surface area contributed by atoms with Crippen molar-refractivity contribution in [3.8, 4) is 0 Å². The third kappa shape index (κ3) is 3.58. The van der Waals surface area contributed by atoms with E-state index in [0.29, 0.717) is 18.0 Å². The van der Waals surface area contributed by atoms with Crippen LogP contribution < -0.4 is 11.1 Å². The summed E-state index contributed by atoms with van der Waals surface area (Å²) in [5, 5.41) is 3.39. The van der Waals surface area contributed by atoms with Crippen LogP contribution in [0, 0.1) is 11.6 Å². The molecule has 0 unspecified atom stereocenters. The summed E-state index contributed by atoms with van der Waals surface area (Å²) >= 11 is 5.77. The highest BCUT2D eigenvalue weighted by molar-refractivity contribution is 6.30. The summed E-state index contributed by atoms with van der Waals surface area (Å²) in [6.45, 7) is 0.416. The molecule has 100 valence electrons. The first-order chi connectivity index (χ1) is 9.06. The van der Waals surface area contributed by atoms with Crippen LogP contribution in [0.2, 0.25) is 5.02 Å². The van der Waals surface area contributed by atoms with Crippen LogP contribution in [0.25, 0.3) is 0 Å². The first-order valence-electron chi connectivity index (χ1n) is 5.79. The van der Waals surface area contributed by atoms with Gasteiger partial charge in [-0.25, -0.2) is 8.78 Å². The zero-order chi connectivity index (χ0) is 13.8. The molecule has 0 aliphatic rings. The second kappa shape index (κ2) is 5.89. The summed E-state index contributed by atoms with van der Waals surface area (Å²) in [5.41, 5.74) is 6.30. The number of hydrogen-bond donors (Lipinski definition) is 2. The lowest BCUT2D eigenvalue weighted by atomic mass is 10.1. The molecule has 2 rings (SSSR count). The van der Waals surface area contributed by atoms with Crippen molar-refractivity contribution in [3.63, 3.8) is 0 Å². The van der Waals surface area contributed by atoms with Crippen molar-refractivity contribution in [1.29, 1.82) is 0 Å². The Bertz CT molecular complexity index is 547. The molecule has 0 heterocycles. The zero-order valence-electron chi connectivity index (χ0n) is 10.1. The van der Waals surface area contributed by atoms with Crippen LogP contribution in [0.3, 0.4) is 0 Å². The molecule has 0 bridgehead atoms. The molecular weight excluding hydrogens is 270 g/mol. The second-order valence-electron chi connectivity index (χ2n) is 4.16. The number of hydrogen-bond acceptors (Lipinski definition) is 2. The van der Waals surface area contributed by atoms with Crippen LogP contribution in [0.1, 0.15) is 5.56 Å². The molecule has 0 amide bonds. The summed E-state index contributed by atoms with van der Waals surface area (Å²) in [5.74, 6) is -1.37. The third-order valence-corrected chi connectivity index (χ3v) is 2.95. The summed E-state index contributed by atoms with van der Waals surface area (Å²) in [6, 6.07) is 9.49. The van der Waals surface area contributed by atoms with Gasteiger partial charge in [0.15, 0.2) is 11.6 Å². The van der Waals surface area contributed by atoms with E-state index in [0.717, 1.165) is 17.7 Å². The molecule has 0 spiro atoms. The van der Waals surface area contributed by atoms with Gasteiger partial charge in [-0.2, -0.15) is 0 Å². The topological polar surface area (TPSA) is 38.0 Å². The minimum atomic E-state index is -0.686. The van der Waals surface area contributed by atoms with Crippen molar-refractivity contribution in [2.24, 2.45) is 0 Å². The lowest BCUT2D eigenvalue weighted by molar-refractivity contribution is 0.589. The number of nitrogens with one attached hydrogen (secondary N) is 1. The predicted molar refractivity (Wildman–Crippen MR) is 74.4 cm³/mol. The molecule has 0 fully saturated rings. The van der Waals surface area contributed by atoms with Crippen LogP contribution in [0.15, 0.2) is 36.4 Å². The van der Waals surface area contributed by atoms with Gasteiger partial charge in [0.1, 0.15) is 5.69 Å². The van der Waals surface area contributed by atoms with Gasteiger partial charge in [0.25, 0.3) is 0 Å². The van der Waals surface area contributed by atoms with E-state index in [2.05, 4.69) is 5.32 Å². The Morgan fingerprint density at radius 2 is 1.63 bits per heavy atom. The third-order valence-electron chi connectivity index (χ3n) is 2.69. The Balaban J connectivity index is 1.98. The van der Waals surface area contributed by atoms with Crippen molar-refractivity contribution in [2.45, 2.75) is 6.42 Å². The molecule has 0 aliphatic carbocycles. The molecule has 0 aromatic heterocycles. The fourth-order valence-corrected chi connectivity index (χ4v) is 1.87. The number of anilines is 2. The Kier molecular flexibility index (Phi) is 4.22. The minimum Gasteiger partial charge on any atom is -0.399 e. The fourth-order valence-electron chi connectivity index (χ4n) is 1.74. The maximum atomic E-state index is 13.5. The smallest absolute Gasteiger partial charge is 0.151 e. The normalized spacial score (nSPS) is 10.5. The highest BCUT2D eigenvalue weighted by Crippen LogP contribution is 2.21. The van der Waals surface area contributed by atoms with Gasteiger partial charge < -0.3 is 11.1 Å². The van der Waals surface area contributed by atoms with Crippen LogP contribution in [-0.2, 0) is 6.42 Å². The number of nitrogens with two attached hydrogens (primary N) is 1. The van der Waals surface area contributed by atoms with Gasteiger partial charge >= 0.3 is 0 Å². The van der Waals surface area contributed by atoms with E-state index in [9.17, 15) is 8.78 Å². The summed E-state index contributed by atoms with van der Waals surface area (Å²) in [7, 11) is 0. The van der Waals surface area contributed by atoms with Crippen molar-refractivity contribution >= 4 is 23.0 Å². The van der Waals surface area contributed by atoms with E-state index >= 15 is 0 Å². The van der Waals surface area contributed by atoms with Crippen LogP contribution in [0.4, 0.5) is 20.2 Å². The number of benzene rings is 2. The van der Waals surface area contributed by atoms with E-state index in [1.54, 1.807) is 12.1 Å². The van der Waals surface area contributed by atoms with Crippen molar-refractivity contribution < 1.29 is 8.78 Å². The number of rotatable bonds is 4. The summed E-state index contributed by atoms with van der Waals surface area (Å²) in [4.78, 5) is 0. The Morgan fingerprint density at radius 3 is 2.21 bits per heavy atom. The monoisotopic (exact) mass is 282 g/mol. The standard InChI is InChI=1S/C14H13ClF2N2/c15-10-3-1-9(2-4-10)5-6-19-14-12(16)7-11(18)8-13(14)17/h1-4,7-8,19H,5-6,18H2. The van der Waals surface area contributed by atoms with E-state index in [1.165, 1.54) is 0 Å². The molecule has 0 aliphatic heterocycles.